The van der Waals surface area contributed by atoms with E-state index in [1.807, 2.05) is 36.4 Å². The summed E-state index contributed by atoms with van der Waals surface area (Å²) >= 11 is 6.39. The monoisotopic (exact) mass is 592 g/mol. The average molecular weight is 593 g/mol. The van der Waals surface area contributed by atoms with Crippen molar-refractivity contribution >= 4 is 46.0 Å². The number of imide groups is 1. The standard InChI is InChI=1S/C34H26ClFN4O3/c35-22-10-7-9-21(18-22)31-30-25(23-11-2-5-14-27(23)38-30)19-29-33(42)40(34(43)39(29)31)28-15-6-3-12-24(28)32(41)37-17-16-20-8-1-4-13-26(20)36/h1-15,18,29,31,38H,16-17,19H2,(H,37,41)/t29-,31+/m0/s1. The van der Waals surface area contributed by atoms with Gasteiger partial charge in [0.25, 0.3) is 11.8 Å². The Morgan fingerprint density at radius 2 is 1.72 bits per heavy atom. The van der Waals surface area contributed by atoms with Gasteiger partial charge in [0.1, 0.15) is 17.9 Å². The minimum atomic E-state index is -0.777. The number of hydrogen-bond donors (Lipinski definition) is 2. The molecule has 7 rings (SSSR count). The molecule has 2 N–H and O–H groups in total. The minimum Gasteiger partial charge on any atom is -0.356 e. The molecule has 214 valence electrons. The smallest absolute Gasteiger partial charge is 0.332 e. The topological polar surface area (TPSA) is 85.5 Å². The van der Waals surface area contributed by atoms with Crippen LogP contribution in [-0.2, 0) is 17.6 Å². The van der Waals surface area contributed by atoms with Gasteiger partial charge in [-0.1, -0.05) is 72.3 Å². The second-order valence-corrected chi connectivity index (χ2v) is 11.2. The number of halogens is 2. The Morgan fingerprint density at radius 1 is 0.953 bits per heavy atom. The van der Waals surface area contributed by atoms with Crippen molar-refractivity contribution in [3.63, 3.8) is 0 Å². The maximum Gasteiger partial charge on any atom is 0.332 e. The van der Waals surface area contributed by atoms with Crippen LogP contribution < -0.4 is 10.2 Å². The minimum absolute atomic E-state index is 0.181. The molecule has 0 unspecified atom stereocenters. The summed E-state index contributed by atoms with van der Waals surface area (Å²) in [5.74, 6) is -1.20. The van der Waals surface area contributed by atoms with E-state index in [-0.39, 0.29) is 23.6 Å². The van der Waals surface area contributed by atoms with Gasteiger partial charge in [0, 0.05) is 34.6 Å². The Morgan fingerprint density at radius 3 is 2.56 bits per heavy atom. The van der Waals surface area contributed by atoms with E-state index in [2.05, 4.69) is 10.3 Å². The summed E-state index contributed by atoms with van der Waals surface area (Å²) in [5, 5.41) is 4.33. The number of urea groups is 1. The molecule has 0 radical (unpaired) electrons. The third-order valence-corrected chi connectivity index (χ3v) is 8.48. The SMILES string of the molecule is O=C(NCCc1ccccc1F)c1ccccc1N1C(=O)[C@@H]2Cc3c([nH]c4ccccc34)[C@@H](c3cccc(Cl)c3)N2C1=O. The molecule has 1 fully saturated rings. The van der Waals surface area contributed by atoms with Crippen molar-refractivity contribution in [1.29, 1.82) is 0 Å². The Labute approximate surface area is 251 Å². The second-order valence-electron chi connectivity index (χ2n) is 10.7. The van der Waals surface area contributed by atoms with E-state index in [4.69, 9.17) is 11.6 Å². The molecule has 0 spiro atoms. The maximum absolute atomic E-state index is 14.3. The highest BCUT2D eigenvalue weighted by molar-refractivity contribution is 6.30. The van der Waals surface area contributed by atoms with Crippen LogP contribution in [0, 0.1) is 5.82 Å². The number of nitrogens with zero attached hydrogens (tertiary/aromatic N) is 2. The lowest BCUT2D eigenvalue weighted by Crippen LogP contribution is -2.44. The van der Waals surface area contributed by atoms with E-state index in [1.54, 1.807) is 59.5 Å². The summed E-state index contributed by atoms with van der Waals surface area (Å²) < 4.78 is 14.1. The van der Waals surface area contributed by atoms with Gasteiger partial charge >= 0.3 is 6.03 Å². The molecule has 7 nitrogen and oxygen atoms in total. The second kappa shape index (κ2) is 10.7. The number of anilines is 1. The number of aromatic amines is 1. The number of aromatic nitrogens is 1. The zero-order valence-electron chi connectivity index (χ0n) is 22.9. The van der Waals surface area contributed by atoms with Crippen molar-refractivity contribution in [2.75, 3.05) is 11.4 Å². The number of hydrogen-bond acceptors (Lipinski definition) is 3. The van der Waals surface area contributed by atoms with Crippen LogP contribution in [0.5, 0.6) is 0 Å². The van der Waals surface area contributed by atoms with Gasteiger partial charge in [0.2, 0.25) is 0 Å². The van der Waals surface area contributed by atoms with Gasteiger partial charge < -0.3 is 10.3 Å². The van der Waals surface area contributed by atoms with Crippen molar-refractivity contribution in [3.8, 4) is 0 Å². The first-order valence-electron chi connectivity index (χ1n) is 14.0. The van der Waals surface area contributed by atoms with Gasteiger partial charge in [-0.2, -0.15) is 0 Å². The van der Waals surface area contributed by atoms with Crippen molar-refractivity contribution in [1.82, 2.24) is 15.2 Å². The number of fused-ring (bicyclic) bond motifs is 4. The van der Waals surface area contributed by atoms with Crippen molar-refractivity contribution in [2.45, 2.75) is 24.9 Å². The Balaban J connectivity index is 1.24. The summed E-state index contributed by atoms with van der Waals surface area (Å²) in [6.45, 7) is 0.184. The number of amides is 4. The largest absolute Gasteiger partial charge is 0.356 e. The average Bonchev–Trinajstić information content (AvgIpc) is 3.51. The molecule has 2 aliphatic heterocycles. The van der Waals surface area contributed by atoms with Gasteiger partial charge in [0.15, 0.2) is 0 Å². The zero-order chi connectivity index (χ0) is 29.7. The molecular weight excluding hydrogens is 567 g/mol. The number of nitrogens with one attached hydrogen (secondary N) is 2. The molecule has 1 aromatic heterocycles. The Kier molecular flexibility index (Phi) is 6.70. The number of carbonyl (C=O) groups is 3. The fraction of sp³-hybridized carbons (Fsp3) is 0.147. The van der Waals surface area contributed by atoms with Gasteiger partial charge in [0.05, 0.1) is 11.3 Å². The number of para-hydroxylation sites is 2. The van der Waals surface area contributed by atoms with Crippen LogP contribution in [-0.4, -0.2) is 40.3 Å². The predicted molar refractivity (Wildman–Crippen MR) is 163 cm³/mol. The van der Waals surface area contributed by atoms with E-state index in [9.17, 15) is 18.8 Å². The summed E-state index contributed by atoms with van der Waals surface area (Å²) in [6.07, 6.45) is 0.625. The maximum atomic E-state index is 14.3. The quantitative estimate of drug-likeness (QED) is 0.223. The van der Waals surface area contributed by atoms with Gasteiger partial charge in [-0.25, -0.2) is 14.1 Å². The lowest BCUT2D eigenvalue weighted by Gasteiger charge is -2.36. The van der Waals surface area contributed by atoms with Crippen LogP contribution in [0.3, 0.4) is 0 Å². The van der Waals surface area contributed by atoms with E-state index < -0.39 is 29.9 Å². The lowest BCUT2D eigenvalue weighted by molar-refractivity contribution is -0.120. The van der Waals surface area contributed by atoms with Crippen molar-refractivity contribution in [2.24, 2.45) is 0 Å². The molecule has 4 aromatic carbocycles. The molecule has 0 bridgehead atoms. The number of carbonyl (C=O) groups excluding carboxylic acids is 3. The van der Waals surface area contributed by atoms with Crippen molar-refractivity contribution < 1.29 is 18.8 Å². The van der Waals surface area contributed by atoms with Crippen LogP contribution in [0.2, 0.25) is 5.02 Å². The molecule has 5 aromatic rings. The molecule has 0 aliphatic carbocycles. The molecule has 43 heavy (non-hydrogen) atoms. The first-order valence-corrected chi connectivity index (χ1v) is 14.4. The fourth-order valence-electron chi connectivity index (χ4n) is 6.29. The summed E-state index contributed by atoms with van der Waals surface area (Å²) in [7, 11) is 0. The fourth-order valence-corrected chi connectivity index (χ4v) is 6.49. The molecule has 1 saturated heterocycles. The van der Waals surface area contributed by atoms with Gasteiger partial charge in [-0.05, 0) is 59.5 Å². The molecule has 4 amide bonds. The van der Waals surface area contributed by atoms with Gasteiger partial charge in [-0.15, -0.1) is 0 Å². The molecule has 2 aliphatic rings. The normalized spacial score (nSPS) is 17.7. The summed E-state index contributed by atoms with van der Waals surface area (Å²) in [4.78, 5) is 47.9. The van der Waals surface area contributed by atoms with Crippen LogP contribution in [0.1, 0.15) is 38.8 Å². The first kappa shape index (κ1) is 26.9. The molecule has 0 saturated carbocycles. The Hall–Kier alpha value is -4.95. The third kappa shape index (κ3) is 4.55. The van der Waals surface area contributed by atoms with Crippen molar-refractivity contribution in [3.05, 3.63) is 136 Å². The zero-order valence-corrected chi connectivity index (χ0v) is 23.6. The Bertz CT molecular complexity index is 1920. The highest BCUT2D eigenvalue weighted by atomic mass is 35.5. The highest BCUT2D eigenvalue weighted by Gasteiger charge is 2.53. The van der Waals surface area contributed by atoms with E-state index in [0.29, 0.717) is 23.4 Å². The van der Waals surface area contributed by atoms with Gasteiger partial charge in [-0.3, -0.25) is 14.5 Å². The molecule has 2 atom stereocenters. The van der Waals surface area contributed by atoms with Crippen LogP contribution in [0.4, 0.5) is 14.9 Å². The number of rotatable bonds is 6. The van der Waals surface area contributed by atoms with Crippen LogP contribution in [0.25, 0.3) is 10.9 Å². The van der Waals surface area contributed by atoms with E-state index >= 15 is 0 Å². The third-order valence-electron chi connectivity index (χ3n) is 8.24. The van der Waals surface area contributed by atoms with E-state index in [1.165, 1.54) is 6.07 Å². The number of H-pyrrole nitrogens is 1. The predicted octanol–water partition coefficient (Wildman–Crippen LogP) is 6.42. The first-order chi connectivity index (χ1) is 20.9. The van der Waals surface area contributed by atoms with Crippen LogP contribution >= 0.6 is 11.6 Å². The highest BCUT2D eigenvalue weighted by Crippen LogP contribution is 2.45. The molecular formula is C34H26ClFN4O3. The van der Waals surface area contributed by atoms with E-state index in [0.717, 1.165) is 32.6 Å². The number of benzene rings is 4. The lowest BCUT2D eigenvalue weighted by atomic mass is 9.89. The molecule has 9 heteroatoms. The molecule has 3 heterocycles. The summed E-state index contributed by atoms with van der Waals surface area (Å²) in [5.41, 5.74) is 4.38. The summed E-state index contributed by atoms with van der Waals surface area (Å²) in [6, 6.07) is 26.2. The van der Waals surface area contributed by atoms with Crippen LogP contribution in [0.15, 0.2) is 97.1 Å².